The Hall–Kier alpha value is -1.26. The summed E-state index contributed by atoms with van der Waals surface area (Å²) in [6.07, 6.45) is 0. The molecule has 5 heteroatoms. The van der Waals surface area contributed by atoms with Gasteiger partial charge in [-0.05, 0) is 30.7 Å². The van der Waals surface area contributed by atoms with E-state index in [2.05, 4.69) is 36.5 Å². The van der Waals surface area contributed by atoms with Crippen molar-refractivity contribution in [3.05, 3.63) is 64.2 Å². The van der Waals surface area contributed by atoms with Gasteiger partial charge in [0.2, 0.25) is 0 Å². The van der Waals surface area contributed by atoms with E-state index in [0.29, 0.717) is 24.8 Å². The predicted octanol–water partition coefficient (Wildman–Crippen LogP) is 4.39. The molecule has 23 heavy (non-hydrogen) atoms. The molecule has 0 amide bonds. The third-order valence-electron chi connectivity index (χ3n) is 3.34. The van der Waals surface area contributed by atoms with Gasteiger partial charge in [0.05, 0.1) is 6.61 Å². The molecule has 2 aromatic carbocycles. The predicted molar refractivity (Wildman–Crippen MR) is 97.8 cm³/mol. The van der Waals surface area contributed by atoms with E-state index >= 15 is 0 Å². The molecule has 0 bridgehead atoms. The molecule has 0 atom stereocenters. The van der Waals surface area contributed by atoms with Gasteiger partial charge in [-0.3, -0.25) is 0 Å². The summed E-state index contributed by atoms with van der Waals surface area (Å²) in [5.41, 5.74) is 3.45. The Kier molecular flexibility index (Phi) is 9.03. The second kappa shape index (κ2) is 10.5. The van der Waals surface area contributed by atoms with E-state index < -0.39 is 0 Å². The molecule has 0 radical (unpaired) electrons. The highest BCUT2D eigenvalue weighted by Gasteiger charge is 2.05. The highest BCUT2D eigenvalue weighted by atomic mass is 35.5. The van der Waals surface area contributed by atoms with Gasteiger partial charge in [0, 0.05) is 30.8 Å². The fraction of sp³-hybridized carbons (Fsp3) is 0.333. The van der Waals surface area contributed by atoms with E-state index in [1.165, 1.54) is 5.56 Å². The van der Waals surface area contributed by atoms with Crippen molar-refractivity contribution in [1.29, 1.82) is 0 Å². The number of hydrogen-bond acceptors (Lipinski definition) is 3. The third kappa shape index (κ3) is 6.80. The van der Waals surface area contributed by atoms with Gasteiger partial charge in [-0.1, -0.05) is 41.4 Å². The van der Waals surface area contributed by atoms with Crippen molar-refractivity contribution in [3.63, 3.8) is 0 Å². The molecule has 0 aliphatic carbocycles. The molecule has 2 aromatic rings. The Bertz CT molecular complexity index is 588. The van der Waals surface area contributed by atoms with Crippen molar-refractivity contribution in [1.82, 2.24) is 5.32 Å². The summed E-state index contributed by atoms with van der Waals surface area (Å²) < 4.78 is 11.0. The molecule has 126 valence electrons. The van der Waals surface area contributed by atoms with Gasteiger partial charge in [-0.25, -0.2) is 0 Å². The summed E-state index contributed by atoms with van der Waals surface area (Å²) in [5, 5.41) is 4.03. The zero-order valence-corrected chi connectivity index (χ0v) is 15.0. The van der Waals surface area contributed by atoms with Crippen LogP contribution in [0.2, 0.25) is 5.02 Å². The fourth-order valence-electron chi connectivity index (χ4n) is 2.07. The first-order chi connectivity index (χ1) is 10.7. The van der Waals surface area contributed by atoms with Crippen LogP contribution < -0.4 is 10.1 Å². The largest absolute Gasteiger partial charge is 0.489 e. The molecule has 0 fully saturated rings. The molecule has 0 spiro atoms. The van der Waals surface area contributed by atoms with Crippen molar-refractivity contribution >= 4 is 24.0 Å². The van der Waals surface area contributed by atoms with Gasteiger partial charge in [0.25, 0.3) is 0 Å². The molecule has 0 unspecified atom stereocenters. The molecule has 3 nitrogen and oxygen atoms in total. The summed E-state index contributed by atoms with van der Waals surface area (Å²) in [4.78, 5) is 0. The van der Waals surface area contributed by atoms with Crippen LogP contribution in [0.15, 0.2) is 42.5 Å². The lowest BCUT2D eigenvalue weighted by atomic mass is 10.1. The smallest absolute Gasteiger partial charge is 0.124 e. The topological polar surface area (TPSA) is 30.5 Å². The number of halogens is 2. The average Bonchev–Trinajstić information content (AvgIpc) is 2.52. The third-order valence-corrected chi connectivity index (χ3v) is 3.57. The standard InChI is InChI=1S/C18H22ClNO2.ClH/c1-14-3-5-15(6-4-14)13-22-18-8-7-17(19)11-16(18)12-20-9-10-21-2;/h3-8,11,20H,9-10,12-13H2,1-2H3;1H. The first-order valence-electron chi connectivity index (χ1n) is 7.35. The van der Waals surface area contributed by atoms with Crippen LogP contribution in [-0.4, -0.2) is 20.3 Å². The minimum atomic E-state index is 0. The first kappa shape index (κ1) is 19.8. The van der Waals surface area contributed by atoms with Gasteiger partial charge < -0.3 is 14.8 Å². The van der Waals surface area contributed by atoms with Crippen LogP contribution in [0.25, 0.3) is 0 Å². The average molecular weight is 356 g/mol. The van der Waals surface area contributed by atoms with Crippen LogP contribution in [0.5, 0.6) is 5.75 Å². The van der Waals surface area contributed by atoms with Crippen LogP contribution in [0.4, 0.5) is 0 Å². The van der Waals surface area contributed by atoms with Crippen molar-refractivity contribution in [2.24, 2.45) is 0 Å². The molecule has 2 rings (SSSR count). The normalized spacial score (nSPS) is 10.2. The summed E-state index contributed by atoms with van der Waals surface area (Å²) in [6.45, 7) is 4.80. The van der Waals surface area contributed by atoms with Crippen molar-refractivity contribution in [2.45, 2.75) is 20.1 Å². The summed E-state index contributed by atoms with van der Waals surface area (Å²) in [6, 6.07) is 14.1. The van der Waals surface area contributed by atoms with Gasteiger partial charge in [-0.2, -0.15) is 0 Å². The van der Waals surface area contributed by atoms with Crippen LogP contribution in [0.1, 0.15) is 16.7 Å². The monoisotopic (exact) mass is 355 g/mol. The Labute approximate surface area is 149 Å². The van der Waals surface area contributed by atoms with Crippen molar-refractivity contribution < 1.29 is 9.47 Å². The van der Waals surface area contributed by atoms with E-state index in [-0.39, 0.29) is 12.4 Å². The number of ether oxygens (including phenoxy) is 2. The zero-order valence-electron chi connectivity index (χ0n) is 13.5. The quantitative estimate of drug-likeness (QED) is 0.712. The fourth-order valence-corrected chi connectivity index (χ4v) is 2.26. The maximum atomic E-state index is 6.08. The minimum Gasteiger partial charge on any atom is -0.489 e. The Morgan fingerprint density at radius 2 is 1.83 bits per heavy atom. The van der Waals surface area contributed by atoms with Gasteiger partial charge in [0.1, 0.15) is 12.4 Å². The van der Waals surface area contributed by atoms with E-state index in [1.807, 2.05) is 18.2 Å². The van der Waals surface area contributed by atoms with Gasteiger partial charge in [-0.15, -0.1) is 12.4 Å². The van der Waals surface area contributed by atoms with Gasteiger partial charge >= 0.3 is 0 Å². The first-order valence-corrected chi connectivity index (χ1v) is 7.73. The van der Waals surface area contributed by atoms with Crippen LogP contribution in [0, 0.1) is 6.92 Å². The Morgan fingerprint density at radius 3 is 2.52 bits per heavy atom. The number of methoxy groups -OCH3 is 1. The summed E-state index contributed by atoms with van der Waals surface area (Å²) in [7, 11) is 1.69. The van der Waals surface area contributed by atoms with E-state index in [1.54, 1.807) is 7.11 Å². The molecule has 0 aliphatic heterocycles. The van der Waals surface area contributed by atoms with Crippen LogP contribution in [-0.2, 0) is 17.9 Å². The van der Waals surface area contributed by atoms with Gasteiger partial charge in [0.15, 0.2) is 0 Å². The van der Waals surface area contributed by atoms with Crippen LogP contribution in [0.3, 0.4) is 0 Å². The number of nitrogens with one attached hydrogen (secondary N) is 1. The van der Waals surface area contributed by atoms with E-state index in [0.717, 1.165) is 23.4 Å². The Morgan fingerprint density at radius 1 is 1.09 bits per heavy atom. The molecule has 0 aromatic heterocycles. The lowest BCUT2D eigenvalue weighted by molar-refractivity contribution is 0.199. The lowest BCUT2D eigenvalue weighted by Crippen LogP contribution is -2.19. The van der Waals surface area contributed by atoms with Crippen molar-refractivity contribution in [2.75, 3.05) is 20.3 Å². The highest BCUT2D eigenvalue weighted by molar-refractivity contribution is 6.30. The maximum Gasteiger partial charge on any atom is 0.124 e. The number of benzene rings is 2. The van der Waals surface area contributed by atoms with E-state index in [9.17, 15) is 0 Å². The summed E-state index contributed by atoms with van der Waals surface area (Å²) in [5.74, 6) is 0.856. The number of hydrogen-bond donors (Lipinski definition) is 1. The lowest BCUT2D eigenvalue weighted by Gasteiger charge is -2.13. The molecule has 0 aliphatic rings. The minimum absolute atomic E-state index is 0. The molecular weight excluding hydrogens is 333 g/mol. The SMILES string of the molecule is COCCNCc1cc(Cl)ccc1OCc1ccc(C)cc1.Cl. The molecule has 0 saturated carbocycles. The molecule has 0 heterocycles. The van der Waals surface area contributed by atoms with E-state index in [4.69, 9.17) is 21.1 Å². The summed E-state index contributed by atoms with van der Waals surface area (Å²) >= 11 is 6.08. The maximum absolute atomic E-state index is 6.08. The zero-order chi connectivity index (χ0) is 15.8. The van der Waals surface area contributed by atoms with Crippen LogP contribution >= 0.6 is 24.0 Å². The second-order valence-corrected chi connectivity index (χ2v) is 5.63. The number of aryl methyl sites for hydroxylation is 1. The molecule has 0 saturated heterocycles. The Balaban J connectivity index is 0.00000264. The molecular formula is C18H23Cl2NO2. The molecule has 1 N–H and O–H groups in total. The highest BCUT2D eigenvalue weighted by Crippen LogP contribution is 2.24. The second-order valence-electron chi connectivity index (χ2n) is 5.20. The number of rotatable bonds is 8. The van der Waals surface area contributed by atoms with Crippen molar-refractivity contribution in [3.8, 4) is 5.75 Å².